The summed E-state index contributed by atoms with van der Waals surface area (Å²) in [6.45, 7) is 8.48. The molecule has 4 heteroatoms. The fourth-order valence-corrected chi connectivity index (χ4v) is 2.09. The van der Waals surface area contributed by atoms with Gasteiger partial charge in [0.1, 0.15) is 0 Å². The molecule has 0 fully saturated rings. The molecule has 0 aliphatic heterocycles. The highest BCUT2D eigenvalue weighted by Crippen LogP contribution is 2.25. The van der Waals surface area contributed by atoms with Crippen molar-refractivity contribution in [2.24, 2.45) is 0 Å². The molecule has 0 spiro atoms. The molecule has 0 bridgehead atoms. The average Bonchev–Trinajstić information content (AvgIpc) is 2.31. The van der Waals surface area contributed by atoms with Gasteiger partial charge in [0, 0.05) is 15.8 Å². The van der Waals surface area contributed by atoms with Crippen molar-refractivity contribution in [3.05, 3.63) is 39.5 Å². The Hall–Kier alpha value is -1.04. The van der Waals surface area contributed by atoms with Crippen LogP contribution >= 0.6 is 22.6 Å². The molecule has 0 radical (unpaired) electrons. The molecule has 17 heavy (non-hydrogen) atoms. The third-order valence-electron chi connectivity index (χ3n) is 2.32. The third-order valence-corrected chi connectivity index (χ3v) is 3.71. The normalized spacial score (nSPS) is 9.82. The number of halogens is 1. The first-order valence-electron chi connectivity index (χ1n) is 5.42. The Morgan fingerprint density at radius 3 is 2.88 bits per heavy atom. The minimum absolute atomic E-state index is 0.266. The number of carbonyl (C=O) groups excluding carboxylic acids is 1. The van der Waals surface area contributed by atoms with Crippen molar-refractivity contribution in [1.82, 2.24) is 0 Å². The van der Waals surface area contributed by atoms with E-state index in [-0.39, 0.29) is 5.97 Å². The molecule has 1 aromatic carbocycles. The molecule has 0 aliphatic carbocycles. The summed E-state index contributed by atoms with van der Waals surface area (Å²) in [5, 5.41) is 3.22. The van der Waals surface area contributed by atoms with Gasteiger partial charge in [0.25, 0.3) is 0 Å². The first-order valence-corrected chi connectivity index (χ1v) is 6.50. The average molecular weight is 345 g/mol. The van der Waals surface area contributed by atoms with E-state index in [2.05, 4.69) is 34.5 Å². The van der Waals surface area contributed by atoms with Gasteiger partial charge in [0.15, 0.2) is 0 Å². The van der Waals surface area contributed by atoms with Crippen LogP contribution in [0.5, 0.6) is 0 Å². The number of rotatable bonds is 5. The quantitative estimate of drug-likeness (QED) is 0.505. The zero-order valence-corrected chi connectivity index (χ0v) is 12.2. The van der Waals surface area contributed by atoms with Crippen LogP contribution in [0.4, 0.5) is 5.69 Å². The fourth-order valence-electron chi connectivity index (χ4n) is 1.43. The van der Waals surface area contributed by atoms with Crippen molar-refractivity contribution in [1.29, 1.82) is 0 Å². The highest BCUT2D eigenvalue weighted by atomic mass is 127. The Kier molecular flexibility index (Phi) is 5.47. The molecule has 0 aliphatic rings. The van der Waals surface area contributed by atoms with Crippen LogP contribution in [-0.4, -0.2) is 19.1 Å². The van der Waals surface area contributed by atoms with E-state index in [1.54, 1.807) is 19.1 Å². The molecule has 0 unspecified atom stereocenters. The van der Waals surface area contributed by atoms with Crippen LogP contribution in [0.15, 0.2) is 24.8 Å². The summed E-state index contributed by atoms with van der Waals surface area (Å²) in [5.41, 5.74) is 2.58. The topological polar surface area (TPSA) is 38.3 Å². The standard InChI is InChI=1S/C13H16INO2/c1-4-8-15-11-7-6-10(9(3)12(11)14)13(16)17-5-2/h4,6-7,15H,1,5,8H2,2-3H3. The minimum atomic E-state index is -0.266. The molecule has 0 amide bonds. The third kappa shape index (κ3) is 3.46. The predicted molar refractivity (Wildman–Crippen MR) is 78.5 cm³/mol. The Balaban J connectivity index is 3.01. The molecule has 3 nitrogen and oxygen atoms in total. The number of benzene rings is 1. The SMILES string of the molecule is C=CCNc1ccc(C(=O)OCC)c(C)c1I. The summed E-state index contributed by atoms with van der Waals surface area (Å²) < 4.78 is 6.04. The lowest BCUT2D eigenvalue weighted by atomic mass is 10.1. The highest BCUT2D eigenvalue weighted by Gasteiger charge is 2.14. The molecule has 1 rings (SSSR count). The van der Waals surface area contributed by atoms with E-state index in [1.165, 1.54) is 0 Å². The molecular formula is C13H16INO2. The summed E-state index contributed by atoms with van der Waals surface area (Å²) in [6, 6.07) is 3.69. The van der Waals surface area contributed by atoms with Gasteiger partial charge in [-0.1, -0.05) is 6.08 Å². The zero-order valence-electron chi connectivity index (χ0n) is 10.0. The summed E-state index contributed by atoms with van der Waals surface area (Å²) in [6.07, 6.45) is 1.80. The maximum Gasteiger partial charge on any atom is 0.338 e. The van der Waals surface area contributed by atoms with E-state index in [0.29, 0.717) is 18.7 Å². The molecule has 0 aromatic heterocycles. The lowest BCUT2D eigenvalue weighted by Crippen LogP contribution is -2.09. The summed E-state index contributed by atoms with van der Waals surface area (Å²) in [4.78, 5) is 11.7. The molecule has 92 valence electrons. The lowest BCUT2D eigenvalue weighted by molar-refractivity contribution is 0.0525. The molecule has 0 atom stereocenters. The minimum Gasteiger partial charge on any atom is -0.462 e. The maximum absolute atomic E-state index is 11.7. The zero-order chi connectivity index (χ0) is 12.8. The van der Waals surface area contributed by atoms with Crippen LogP contribution < -0.4 is 5.32 Å². The predicted octanol–water partition coefficient (Wildman–Crippen LogP) is 3.37. The maximum atomic E-state index is 11.7. The van der Waals surface area contributed by atoms with Gasteiger partial charge in [-0.25, -0.2) is 4.79 Å². The van der Waals surface area contributed by atoms with Crippen molar-refractivity contribution in [2.75, 3.05) is 18.5 Å². The van der Waals surface area contributed by atoms with E-state index >= 15 is 0 Å². The van der Waals surface area contributed by atoms with Crippen LogP contribution in [0.2, 0.25) is 0 Å². The number of ether oxygens (including phenoxy) is 1. The van der Waals surface area contributed by atoms with E-state index < -0.39 is 0 Å². The van der Waals surface area contributed by atoms with E-state index in [9.17, 15) is 4.79 Å². The van der Waals surface area contributed by atoms with Crippen molar-refractivity contribution in [3.8, 4) is 0 Å². The summed E-state index contributed by atoms with van der Waals surface area (Å²) in [5.74, 6) is -0.266. The van der Waals surface area contributed by atoms with Crippen LogP contribution in [0.3, 0.4) is 0 Å². The number of hydrogen-bond acceptors (Lipinski definition) is 3. The second kappa shape index (κ2) is 6.64. The second-order valence-corrected chi connectivity index (χ2v) is 4.57. The number of anilines is 1. The molecule has 1 aromatic rings. The van der Waals surface area contributed by atoms with Gasteiger partial charge in [-0.3, -0.25) is 0 Å². The first-order chi connectivity index (χ1) is 8.11. The van der Waals surface area contributed by atoms with Gasteiger partial charge < -0.3 is 10.1 Å². The van der Waals surface area contributed by atoms with Crippen LogP contribution in [-0.2, 0) is 4.74 Å². The molecule has 1 N–H and O–H groups in total. The van der Waals surface area contributed by atoms with Crippen LogP contribution in [0.25, 0.3) is 0 Å². The Morgan fingerprint density at radius 2 is 2.29 bits per heavy atom. The molecule has 0 saturated heterocycles. The number of carbonyl (C=O) groups is 1. The van der Waals surface area contributed by atoms with E-state index in [1.807, 2.05) is 13.0 Å². The first kappa shape index (κ1) is 14.0. The largest absolute Gasteiger partial charge is 0.462 e. The van der Waals surface area contributed by atoms with Gasteiger partial charge in [0.05, 0.1) is 12.2 Å². The lowest BCUT2D eigenvalue weighted by Gasteiger charge is -2.12. The molecule has 0 heterocycles. The number of hydrogen-bond donors (Lipinski definition) is 1. The van der Waals surface area contributed by atoms with Crippen molar-refractivity contribution in [2.45, 2.75) is 13.8 Å². The van der Waals surface area contributed by atoms with Gasteiger partial charge in [-0.05, 0) is 54.1 Å². The molecule has 0 saturated carbocycles. The summed E-state index contributed by atoms with van der Waals surface area (Å²) >= 11 is 2.23. The van der Waals surface area contributed by atoms with E-state index in [4.69, 9.17) is 4.74 Å². The van der Waals surface area contributed by atoms with Gasteiger partial charge >= 0.3 is 5.97 Å². The highest BCUT2D eigenvalue weighted by molar-refractivity contribution is 14.1. The monoisotopic (exact) mass is 345 g/mol. The Labute approximate surface area is 115 Å². The summed E-state index contributed by atoms with van der Waals surface area (Å²) in [7, 11) is 0. The fraction of sp³-hybridized carbons (Fsp3) is 0.308. The van der Waals surface area contributed by atoms with Crippen LogP contribution in [0.1, 0.15) is 22.8 Å². The van der Waals surface area contributed by atoms with Gasteiger partial charge in [0.2, 0.25) is 0 Å². The van der Waals surface area contributed by atoms with Crippen molar-refractivity contribution >= 4 is 34.2 Å². The Morgan fingerprint density at radius 1 is 1.59 bits per heavy atom. The number of nitrogens with one attached hydrogen (secondary N) is 1. The van der Waals surface area contributed by atoms with E-state index in [0.717, 1.165) is 14.8 Å². The van der Waals surface area contributed by atoms with Crippen molar-refractivity contribution in [3.63, 3.8) is 0 Å². The van der Waals surface area contributed by atoms with Crippen LogP contribution in [0, 0.1) is 10.5 Å². The molecular weight excluding hydrogens is 329 g/mol. The second-order valence-electron chi connectivity index (χ2n) is 3.49. The Bertz CT molecular complexity index is 430. The van der Waals surface area contributed by atoms with Gasteiger partial charge in [-0.2, -0.15) is 0 Å². The van der Waals surface area contributed by atoms with Crippen molar-refractivity contribution < 1.29 is 9.53 Å². The smallest absolute Gasteiger partial charge is 0.338 e. The van der Waals surface area contributed by atoms with Gasteiger partial charge in [-0.15, -0.1) is 6.58 Å². The number of esters is 1.